The van der Waals surface area contributed by atoms with E-state index in [1.54, 1.807) is 29.4 Å². The molecule has 2 aliphatic rings. The molecule has 1 saturated heterocycles. The molecular formula is C23H28N8O4S. The third kappa shape index (κ3) is 5.16. The van der Waals surface area contributed by atoms with Gasteiger partial charge in [-0.25, -0.2) is 23.4 Å². The highest BCUT2D eigenvalue weighted by Crippen LogP contribution is 2.30. The van der Waals surface area contributed by atoms with Crippen molar-refractivity contribution < 1.29 is 17.9 Å². The van der Waals surface area contributed by atoms with E-state index in [1.165, 1.54) is 12.4 Å². The van der Waals surface area contributed by atoms with Crippen LogP contribution in [0.2, 0.25) is 0 Å². The van der Waals surface area contributed by atoms with Gasteiger partial charge in [0.1, 0.15) is 11.6 Å². The Hall–Kier alpha value is -3.58. The second-order valence-corrected chi connectivity index (χ2v) is 11.1. The molecule has 1 aliphatic carbocycles. The van der Waals surface area contributed by atoms with E-state index >= 15 is 0 Å². The summed E-state index contributed by atoms with van der Waals surface area (Å²) in [6.07, 6.45) is 7.31. The van der Waals surface area contributed by atoms with Crippen LogP contribution in [0.15, 0.2) is 36.9 Å². The fourth-order valence-electron chi connectivity index (χ4n) is 3.84. The SMILES string of the molecule is CC(C)Nc1cc(Nc2ccnc(-c3cnn(S(=O)(=O)C4CC4)c3)n2)ncc1C(=O)N1CCOCC1. The van der Waals surface area contributed by atoms with Gasteiger partial charge in [0.25, 0.3) is 15.9 Å². The van der Waals surface area contributed by atoms with Gasteiger partial charge in [-0.15, -0.1) is 0 Å². The number of nitrogens with one attached hydrogen (secondary N) is 2. The number of carbonyl (C=O) groups is 1. The van der Waals surface area contributed by atoms with E-state index in [-0.39, 0.29) is 17.2 Å². The molecule has 1 aliphatic heterocycles. The Morgan fingerprint density at radius 1 is 1.14 bits per heavy atom. The van der Waals surface area contributed by atoms with Crippen LogP contribution in [0.5, 0.6) is 0 Å². The van der Waals surface area contributed by atoms with Crippen LogP contribution in [0.4, 0.5) is 17.3 Å². The normalized spacial score (nSPS) is 16.2. The standard InChI is InChI=1S/C23H28N8O4S/c1-15(2)27-19-11-21(25-13-18(19)23(32)30-7-9-35-10-8-30)28-20-5-6-24-22(29-20)16-12-26-31(14-16)36(33,34)17-3-4-17/h5-6,11-15,17H,3-4,7-10H2,1-2H3,(H2,24,25,27,28,29). The van der Waals surface area contributed by atoms with Crippen molar-refractivity contribution in [1.82, 2.24) is 29.0 Å². The Morgan fingerprint density at radius 3 is 2.64 bits per heavy atom. The van der Waals surface area contributed by atoms with Gasteiger partial charge in [-0.3, -0.25) is 4.79 Å². The Morgan fingerprint density at radius 2 is 1.92 bits per heavy atom. The molecule has 1 amide bonds. The summed E-state index contributed by atoms with van der Waals surface area (Å²) in [5, 5.41) is 10.1. The van der Waals surface area contributed by atoms with Crippen LogP contribution in [0.25, 0.3) is 11.4 Å². The van der Waals surface area contributed by atoms with Crippen LogP contribution < -0.4 is 10.6 Å². The maximum Gasteiger partial charge on any atom is 0.257 e. The van der Waals surface area contributed by atoms with Gasteiger partial charge in [-0.05, 0) is 32.8 Å². The lowest BCUT2D eigenvalue weighted by molar-refractivity contribution is 0.0303. The predicted molar refractivity (Wildman–Crippen MR) is 134 cm³/mol. The first kappa shape index (κ1) is 24.1. The zero-order valence-corrected chi connectivity index (χ0v) is 20.9. The summed E-state index contributed by atoms with van der Waals surface area (Å²) in [7, 11) is -3.47. The minimum Gasteiger partial charge on any atom is -0.382 e. The molecule has 3 aromatic rings. The van der Waals surface area contributed by atoms with E-state index in [9.17, 15) is 13.2 Å². The van der Waals surface area contributed by atoms with Gasteiger partial charge < -0.3 is 20.3 Å². The Balaban J connectivity index is 1.37. The van der Waals surface area contributed by atoms with Crippen LogP contribution in [-0.4, -0.2) is 81.0 Å². The first-order valence-corrected chi connectivity index (χ1v) is 13.3. The van der Waals surface area contributed by atoms with Crippen LogP contribution in [0.3, 0.4) is 0 Å². The van der Waals surface area contributed by atoms with Crippen molar-refractivity contribution in [2.45, 2.75) is 38.0 Å². The molecule has 13 heteroatoms. The fraction of sp³-hybridized carbons (Fsp3) is 0.435. The predicted octanol–water partition coefficient (Wildman–Crippen LogP) is 2.11. The molecule has 0 unspecified atom stereocenters. The lowest BCUT2D eigenvalue weighted by Gasteiger charge is -2.28. The molecule has 3 aromatic heterocycles. The van der Waals surface area contributed by atoms with Crippen LogP contribution in [0, 0.1) is 0 Å². The summed E-state index contributed by atoms with van der Waals surface area (Å²) in [6, 6.07) is 3.56. The molecule has 2 fully saturated rings. The van der Waals surface area contributed by atoms with E-state index in [0.29, 0.717) is 73.4 Å². The highest BCUT2D eigenvalue weighted by Gasteiger charge is 2.37. The van der Waals surface area contributed by atoms with Crippen molar-refractivity contribution >= 4 is 33.3 Å². The van der Waals surface area contributed by atoms with Gasteiger partial charge in [-0.1, -0.05) is 0 Å². The van der Waals surface area contributed by atoms with E-state index < -0.39 is 10.0 Å². The van der Waals surface area contributed by atoms with Gasteiger partial charge in [0.2, 0.25) is 0 Å². The van der Waals surface area contributed by atoms with Crippen LogP contribution in [-0.2, 0) is 14.8 Å². The molecule has 5 rings (SSSR count). The van der Waals surface area contributed by atoms with E-state index in [0.717, 1.165) is 4.09 Å². The van der Waals surface area contributed by atoms with Gasteiger partial charge in [0.05, 0.1) is 47.7 Å². The molecule has 12 nitrogen and oxygen atoms in total. The second-order valence-electron chi connectivity index (χ2n) is 9.06. The van der Waals surface area contributed by atoms with Gasteiger partial charge >= 0.3 is 0 Å². The molecule has 2 N–H and O–H groups in total. The van der Waals surface area contributed by atoms with Crippen molar-refractivity contribution in [1.29, 1.82) is 0 Å². The summed E-state index contributed by atoms with van der Waals surface area (Å²) in [5.74, 6) is 1.20. The molecule has 0 spiro atoms. The van der Waals surface area contributed by atoms with Crippen molar-refractivity contribution in [2.24, 2.45) is 0 Å². The summed E-state index contributed by atoms with van der Waals surface area (Å²) < 4.78 is 31.2. The summed E-state index contributed by atoms with van der Waals surface area (Å²) in [4.78, 5) is 28.0. The number of hydrogen-bond acceptors (Lipinski definition) is 10. The topological polar surface area (TPSA) is 144 Å². The van der Waals surface area contributed by atoms with E-state index in [1.807, 2.05) is 13.8 Å². The summed E-state index contributed by atoms with van der Waals surface area (Å²) >= 11 is 0. The third-order valence-corrected chi connectivity index (χ3v) is 7.85. The summed E-state index contributed by atoms with van der Waals surface area (Å²) in [6.45, 7) is 6.12. The maximum atomic E-state index is 13.1. The number of ether oxygens (including phenoxy) is 1. The Labute approximate surface area is 209 Å². The Kier molecular flexibility index (Phi) is 6.58. The largest absolute Gasteiger partial charge is 0.382 e. The van der Waals surface area contributed by atoms with Crippen molar-refractivity contribution in [2.75, 3.05) is 36.9 Å². The zero-order chi connectivity index (χ0) is 25.3. The first-order chi connectivity index (χ1) is 17.3. The quantitative estimate of drug-likeness (QED) is 0.460. The number of morpholine rings is 1. The number of nitrogens with zero attached hydrogens (tertiary/aromatic N) is 6. The van der Waals surface area contributed by atoms with Crippen molar-refractivity contribution in [3.63, 3.8) is 0 Å². The molecule has 4 heterocycles. The maximum absolute atomic E-state index is 13.1. The molecule has 0 bridgehead atoms. The number of amides is 1. The average molecular weight is 513 g/mol. The number of rotatable bonds is 8. The number of hydrogen-bond donors (Lipinski definition) is 2. The fourth-order valence-corrected chi connectivity index (χ4v) is 5.31. The molecule has 0 radical (unpaired) electrons. The smallest absolute Gasteiger partial charge is 0.257 e. The first-order valence-electron chi connectivity index (χ1n) is 11.8. The molecule has 190 valence electrons. The highest BCUT2D eigenvalue weighted by molar-refractivity contribution is 7.90. The lowest BCUT2D eigenvalue weighted by atomic mass is 10.1. The third-order valence-electron chi connectivity index (χ3n) is 5.81. The minimum atomic E-state index is -3.47. The second kappa shape index (κ2) is 9.82. The molecular weight excluding hydrogens is 484 g/mol. The monoisotopic (exact) mass is 512 g/mol. The minimum absolute atomic E-state index is 0.0945. The molecule has 0 aromatic carbocycles. The van der Waals surface area contributed by atoms with Gasteiger partial charge in [0, 0.05) is 37.6 Å². The number of pyridine rings is 1. The number of carbonyl (C=O) groups excluding carboxylic acids is 1. The van der Waals surface area contributed by atoms with Gasteiger partial charge in [-0.2, -0.15) is 9.19 Å². The van der Waals surface area contributed by atoms with E-state index in [4.69, 9.17) is 4.74 Å². The summed E-state index contributed by atoms with van der Waals surface area (Å²) in [5.41, 5.74) is 1.65. The number of aromatic nitrogens is 5. The molecule has 36 heavy (non-hydrogen) atoms. The van der Waals surface area contributed by atoms with Crippen LogP contribution in [0.1, 0.15) is 37.0 Å². The highest BCUT2D eigenvalue weighted by atomic mass is 32.2. The molecule has 1 saturated carbocycles. The van der Waals surface area contributed by atoms with Crippen LogP contribution >= 0.6 is 0 Å². The Bertz CT molecular complexity index is 1360. The average Bonchev–Trinajstić information content (AvgIpc) is 3.61. The molecule has 0 atom stereocenters. The van der Waals surface area contributed by atoms with Gasteiger partial charge in [0.15, 0.2) is 5.82 Å². The zero-order valence-electron chi connectivity index (χ0n) is 20.1. The number of anilines is 3. The lowest BCUT2D eigenvalue weighted by Crippen LogP contribution is -2.41. The van der Waals surface area contributed by atoms with Crippen molar-refractivity contribution in [3.05, 3.63) is 42.5 Å². The van der Waals surface area contributed by atoms with Crippen molar-refractivity contribution in [3.8, 4) is 11.4 Å². The van der Waals surface area contributed by atoms with E-state index in [2.05, 4.69) is 30.7 Å².